The minimum absolute atomic E-state index is 0.235. The number of hydrogen-bond acceptors (Lipinski definition) is 2. The molecule has 0 radical (unpaired) electrons. The molecule has 0 aliphatic carbocycles. The van der Waals surface area contributed by atoms with Gasteiger partial charge in [0.05, 0.1) is 6.54 Å². The van der Waals surface area contributed by atoms with Crippen LogP contribution in [0.15, 0.2) is 24.3 Å². The molecule has 0 spiro atoms. The highest BCUT2D eigenvalue weighted by atomic mass is 19.3. The normalized spacial score (nSPS) is 12.9. The first-order chi connectivity index (χ1) is 7.54. The molecule has 0 aliphatic rings. The van der Waals surface area contributed by atoms with Crippen LogP contribution in [0.2, 0.25) is 0 Å². The van der Waals surface area contributed by atoms with Crippen LogP contribution in [0.5, 0.6) is 0 Å². The highest BCUT2D eigenvalue weighted by Crippen LogP contribution is 2.18. The molecule has 1 aromatic rings. The second-order valence-corrected chi connectivity index (χ2v) is 3.87. The standard InChI is InChI=1S/C12H18F2N2/c1-9(15-2)10-4-6-11(7-5-10)16(3)8-12(13)14/h4-7,9,12,15H,8H2,1-3H3. The monoisotopic (exact) mass is 228 g/mol. The van der Waals surface area contributed by atoms with E-state index in [2.05, 4.69) is 12.2 Å². The van der Waals surface area contributed by atoms with Gasteiger partial charge in [0.25, 0.3) is 6.43 Å². The largest absolute Gasteiger partial charge is 0.369 e. The fourth-order valence-corrected chi connectivity index (χ4v) is 1.50. The van der Waals surface area contributed by atoms with Crippen LogP contribution >= 0.6 is 0 Å². The van der Waals surface area contributed by atoms with Gasteiger partial charge in [-0.2, -0.15) is 0 Å². The molecular weight excluding hydrogens is 210 g/mol. The van der Waals surface area contributed by atoms with Crippen molar-refractivity contribution in [3.63, 3.8) is 0 Å². The third-order valence-electron chi connectivity index (χ3n) is 2.68. The molecule has 0 saturated carbocycles. The van der Waals surface area contributed by atoms with E-state index in [1.807, 2.05) is 31.3 Å². The molecule has 0 amide bonds. The fourth-order valence-electron chi connectivity index (χ4n) is 1.50. The molecule has 1 rings (SSSR count). The van der Waals surface area contributed by atoms with Gasteiger partial charge in [0.1, 0.15) is 0 Å². The minimum atomic E-state index is -2.30. The molecule has 1 N–H and O–H groups in total. The number of anilines is 1. The molecule has 4 heteroatoms. The number of nitrogens with zero attached hydrogens (tertiary/aromatic N) is 1. The lowest BCUT2D eigenvalue weighted by molar-refractivity contribution is 0.156. The van der Waals surface area contributed by atoms with E-state index in [0.29, 0.717) is 0 Å². The van der Waals surface area contributed by atoms with Crippen LogP contribution in [0.25, 0.3) is 0 Å². The number of halogens is 2. The first-order valence-corrected chi connectivity index (χ1v) is 5.31. The zero-order valence-electron chi connectivity index (χ0n) is 9.87. The van der Waals surface area contributed by atoms with Gasteiger partial charge in [-0.1, -0.05) is 12.1 Å². The fraction of sp³-hybridized carbons (Fsp3) is 0.500. The maximum Gasteiger partial charge on any atom is 0.255 e. The summed E-state index contributed by atoms with van der Waals surface area (Å²) in [5.74, 6) is 0. The third kappa shape index (κ3) is 3.45. The Labute approximate surface area is 95.3 Å². The highest BCUT2D eigenvalue weighted by Gasteiger charge is 2.09. The summed E-state index contributed by atoms with van der Waals surface area (Å²) in [6.45, 7) is 1.82. The van der Waals surface area contributed by atoms with E-state index in [-0.39, 0.29) is 12.6 Å². The predicted octanol–water partition coefficient (Wildman–Crippen LogP) is 2.67. The van der Waals surface area contributed by atoms with Crippen LogP contribution in [-0.2, 0) is 0 Å². The molecule has 1 unspecified atom stereocenters. The predicted molar refractivity (Wildman–Crippen MR) is 63.2 cm³/mol. The molecule has 0 saturated heterocycles. The van der Waals surface area contributed by atoms with Crippen molar-refractivity contribution in [2.45, 2.75) is 19.4 Å². The van der Waals surface area contributed by atoms with Crippen LogP contribution in [0.3, 0.4) is 0 Å². The Hall–Kier alpha value is -1.16. The van der Waals surface area contributed by atoms with Crippen LogP contribution in [0, 0.1) is 0 Å². The lowest BCUT2D eigenvalue weighted by Crippen LogP contribution is -2.24. The summed E-state index contributed by atoms with van der Waals surface area (Å²) in [4.78, 5) is 1.55. The molecule has 90 valence electrons. The van der Waals surface area contributed by atoms with Gasteiger partial charge in [0.15, 0.2) is 0 Å². The summed E-state index contributed by atoms with van der Waals surface area (Å²) in [5, 5.41) is 3.13. The van der Waals surface area contributed by atoms with Gasteiger partial charge in [-0.3, -0.25) is 0 Å². The van der Waals surface area contributed by atoms with Crippen LogP contribution in [0.4, 0.5) is 14.5 Å². The zero-order chi connectivity index (χ0) is 12.1. The number of alkyl halides is 2. The van der Waals surface area contributed by atoms with E-state index in [0.717, 1.165) is 11.3 Å². The van der Waals surface area contributed by atoms with E-state index < -0.39 is 6.43 Å². The molecular formula is C12H18F2N2. The Morgan fingerprint density at radius 2 is 1.81 bits per heavy atom. The van der Waals surface area contributed by atoms with Crippen molar-refractivity contribution >= 4 is 5.69 Å². The summed E-state index contributed by atoms with van der Waals surface area (Å²) in [5.41, 5.74) is 1.96. The zero-order valence-corrected chi connectivity index (χ0v) is 9.87. The summed E-state index contributed by atoms with van der Waals surface area (Å²) >= 11 is 0. The maximum absolute atomic E-state index is 12.2. The second kappa shape index (κ2) is 5.80. The van der Waals surface area contributed by atoms with Crippen LogP contribution in [-0.4, -0.2) is 27.1 Å². The lowest BCUT2D eigenvalue weighted by atomic mass is 10.1. The van der Waals surface area contributed by atoms with Crippen molar-refractivity contribution in [3.8, 4) is 0 Å². The Morgan fingerprint density at radius 3 is 2.25 bits per heavy atom. The van der Waals surface area contributed by atoms with E-state index in [9.17, 15) is 8.78 Å². The molecule has 0 aromatic heterocycles. The van der Waals surface area contributed by atoms with Crippen molar-refractivity contribution in [1.29, 1.82) is 0 Å². The number of hydrogen-bond donors (Lipinski definition) is 1. The first kappa shape index (κ1) is 12.9. The maximum atomic E-state index is 12.2. The van der Waals surface area contributed by atoms with Gasteiger partial charge < -0.3 is 10.2 Å². The second-order valence-electron chi connectivity index (χ2n) is 3.87. The third-order valence-corrected chi connectivity index (χ3v) is 2.68. The Balaban J connectivity index is 2.70. The topological polar surface area (TPSA) is 15.3 Å². The Morgan fingerprint density at radius 1 is 1.25 bits per heavy atom. The summed E-state index contributed by atoms with van der Waals surface area (Å²) in [7, 11) is 3.56. The SMILES string of the molecule is CNC(C)c1ccc(N(C)CC(F)F)cc1. The van der Waals surface area contributed by atoms with E-state index in [4.69, 9.17) is 0 Å². The van der Waals surface area contributed by atoms with E-state index in [1.165, 1.54) is 0 Å². The molecule has 0 fully saturated rings. The molecule has 2 nitrogen and oxygen atoms in total. The average Bonchev–Trinajstić information content (AvgIpc) is 2.27. The van der Waals surface area contributed by atoms with Gasteiger partial charge in [-0.15, -0.1) is 0 Å². The van der Waals surface area contributed by atoms with Gasteiger partial charge in [-0.25, -0.2) is 8.78 Å². The Kier molecular flexibility index (Phi) is 4.68. The van der Waals surface area contributed by atoms with Gasteiger partial charge in [-0.05, 0) is 31.7 Å². The summed E-state index contributed by atoms with van der Waals surface area (Å²) in [6, 6.07) is 7.92. The minimum Gasteiger partial charge on any atom is -0.369 e. The van der Waals surface area contributed by atoms with Crippen molar-refractivity contribution in [3.05, 3.63) is 29.8 Å². The number of nitrogens with one attached hydrogen (secondary N) is 1. The van der Waals surface area contributed by atoms with Crippen molar-refractivity contribution in [1.82, 2.24) is 5.32 Å². The molecule has 0 bridgehead atoms. The van der Waals surface area contributed by atoms with Gasteiger partial charge in [0, 0.05) is 18.8 Å². The highest BCUT2D eigenvalue weighted by molar-refractivity contribution is 5.47. The molecule has 0 heterocycles. The van der Waals surface area contributed by atoms with Gasteiger partial charge >= 0.3 is 0 Å². The van der Waals surface area contributed by atoms with Crippen molar-refractivity contribution in [2.75, 3.05) is 25.5 Å². The molecule has 1 atom stereocenters. The van der Waals surface area contributed by atoms with E-state index in [1.54, 1.807) is 11.9 Å². The van der Waals surface area contributed by atoms with Crippen LogP contribution in [0.1, 0.15) is 18.5 Å². The Bertz CT molecular complexity index is 311. The smallest absolute Gasteiger partial charge is 0.255 e. The molecule has 0 aliphatic heterocycles. The molecule has 16 heavy (non-hydrogen) atoms. The quantitative estimate of drug-likeness (QED) is 0.833. The first-order valence-electron chi connectivity index (χ1n) is 5.31. The number of rotatable bonds is 5. The van der Waals surface area contributed by atoms with Crippen LogP contribution < -0.4 is 10.2 Å². The van der Waals surface area contributed by atoms with E-state index >= 15 is 0 Å². The van der Waals surface area contributed by atoms with Crippen molar-refractivity contribution in [2.24, 2.45) is 0 Å². The average molecular weight is 228 g/mol. The lowest BCUT2D eigenvalue weighted by Gasteiger charge is -2.19. The summed E-state index contributed by atoms with van der Waals surface area (Å²) < 4.78 is 24.4. The number of benzene rings is 1. The van der Waals surface area contributed by atoms with Gasteiger partial charge in [0.2, 0.25) is 0 Å². The summed E-state index contributed by atoms with van der Waals surface area (Å²) in [6.07, 6.45) is -2.30. The molecule has 1 aromatic carbocycles. The van der Waals surface area contributed by atoms with Crippen molar-refractivity contribution < 1.29 is 8.78 Å².